The number of sulfonamides is 1. The number of carboxylic acids is 1. The number of carbonyl (C=O) groups is 1. The third-order valence-corrected chi connectivity index (χ3v) is 8.98. The Hall–Kier alpha value is -3.56. The highest BCUT2D eigenvalue weighted by atomic mass is 32.2. The number of aryl methyl sites for hydroxylation is 1. The van der Waals surface area contributed by atoms with Crippen LogP contribution in [0.3, 0.4) is 0 Å². The number of ether oxygens (including phenoxy) is 3. The van der Waals surface area contributed by atoms with Crippen LogP contribution in [0.15, 0.2) is 41.3 Å². The summed E-state index contributed by atoms with van der Waals surface area (Å²) in [6.07, 6.45) is -1.33. The van der Waals surface area contributed by atoms with Gasteiger partial charge in [-0.25, -0.2) is 13.2 Å². The molecule has 0 bridgehead atoms. The Bertz CT molecular complexity index is 1600. The lowest BCUT2D eigenvalue weighted by molar-refractivity contribution is -0.160. The topological polar surface area (TPSA) is 102 Å². The molecule has 0 radical (unpaired) electrons. The van der Waals surface area contributed by atoms with E-state index in [1.165, 1.54) is 17.4 Å². The van der Waals surface area contributed by atoms with Crippen LogP contribution < -0.4 is 13.8 Å². The van der Waals surface area contributed by atoms with Crippen LogP contribution in [0.4, 0.5) is 5.69 Å². The van der Waals surface area contributed by atoms with E-state index in [4.69, 9.17) is 14.2 Å². The van der Waals surface area contributed by atoms with Gasteiger partial charge in [-0.2, -0.15) is 0 Å². The Labute approximate surface area is 229 Å². The first-order chi connectivity index (χ1) is 18.2. The lowest BCUT2D eigenvalue weighted by atomic mass is 9.82. The van der Waals surface area contributed by atoms with E-state index in [9.17, 15) is 18.3 Å². The molecule has 2 aliphatic rings. The van der Waals surface area contributed by atoms with Gasteiger partial charge in [0.25, 0.3) is 10.0 Å². The Morgan fingerprint density at radius 1 is 0.974 bits per heavy atom. The third kappa shape index (κ3) is 4.43. The molecule has 8 nitrogen and oxygen atoms in total. The molecule has 0 saturated heterocycles. The zero-order valence-electron chi connectivity index (χ0n) is 23.2. The van der Waals surface area contributed by atoms with Gasteiger partial charge in [-0.15, -0.1) is 0 Å². The SMILES string of the molecule is Cc1ccc(-c2c(C)c3c(c(C)c2[C@H](OC(C)(C)C)C(=O)O)N(C)S(=O)(=O)c2cc4c(cc2-3)OCCO4)cc1. The average Bonchev–Trinajstić information content (AvgIpc) is 2.86. The van der Waals surface area contributed by atoms with Crippen LogP contribution in [0.1, 0.15) is 49.1 Å². The van der Waals surface area contributed by atoms with E-state index in [1.54, 1.807) is 33.8 Å². The highest BCUT2D eigenvalue weighted by molar-refractivity contribution is 7.93. The standard InChI is InChI=1S/C30H33NO7S/c1-16-8-10-19(11-9-16)24-17(2)25-20-14-21-22(37-13-12-36-21)15-23(20)39(34,35)31(7)27(25)18(3)26(24)28(29(32)33)38-30(4,5)6/h8-11,14-15,28H,12-13H2,1-7H3,(H,32,33)/t28-/m0/s1. The molecule has 0 amide bonds. The summed E-state index contributed by atoms with van der Waals surface area (Å²) < 4.78 is 46.5. The van der Waals surface area contributed by atoms with Crippen molar-refractivity contribution in [2.24, 2.45) is 0 Å². The molecule has 0 unspecified atom stereocenters. The maximum Gasteiger partial charge on any atom is 0.337 e. The van der Waals surface area contributed by atoms with Crippen molar-refractivity contribution in [2.45, 2.75) is 58.1 Å². The van der Waals surface area contributed by atoms with Crippen molar-refractivity contribution < 1.29 is 32.5 Å². The lowest BCUT2D eigenvalue weighted by Gasteiger charge is -2.36. The Morgan fingerprint density at radius 3 is 2.13 bits per heavy atom. The van der Waals surface area contributed by atoms with Gasteiger partial charge >= 0.3 is 5.97 Å². The van der Waals surface area contributed by atoms with Crippen LogP contribution >= 0.6 is 0 Å². The number of nitrogens with zero attached hydrogens (tertiary/aromatic N) is 1. The fraction of sp³-hybridized carbons (Fsp3) is 0.367. The number of benzene rings is 3. The molecule has 1 atom stereocenters. The molecule has 3 aromatic rings. The summed E-state index contributed by atoms with van der Waals surface area (Å²) in [4.78, 5) is 12.8. The Balaban J connectivity index is 1.93. The predicted octanol–water partition coefficient (Wildman–Crippen LogP) is 5.80. The second-order valence-corrected chi connectivity index (χ2v) is 13.0. The second-order valence-electron chi connectivity index (χ2n) is 11.0. The van der Waals surface area contributed by atoms with Crippen LogP contribution in [-0.4, -0.2) is 45.4 Å². The van der Waals surface area contributed by atoms with Crippen LogP contribution in [0.25, 0.3) is 22.3 Å². The molecule has 1 N–H and O–H groups in total. The zero-order valence-corrected chi connectivity index (χ0v) is 24.0. The molecule has 206 valence electrons. The van der Waals surface area contributed by atoms with Gasteiger partial charge in [0.1, 0.15) is 13.2 Å². The molecule has 0 aliphatic carbocycles. The van der Waals surface area contributed by atoms with E-state index >= 15 is 0 Å². The summed E-state index contributed by atoms with van der Waals surface area (Å²) in [7, 11) is -2.48. The summed E-state index contributed by atoms with van der Waals surface area (Å²) in [5.74, 6) is -0.292. The van der Waals surface area contributed by atoms with Crippen molar-refractivity contribution in [3.8, 4) is 33.8 Å². The summed E-state index contributed by atoms with van der Waals surface area (Å²) >= 11 is 0. The van der Waals surface area contributed by atoms with Gasteiger partial charge < -0.3 is 19.3 Å². The van der Waals surface area contributed by atoms with Crippen molar-refractivity contribution in [2.75, 3.05) is 24.6 Å². The molecule has 2 aliphatic heterocycles. The minimum atomic E-state index is -3.98. The second kappa shape index (κ2) is 9.27. The van der Waals surface area contributed by atoms with E-state index in [0.717, 1.165) is 16.7 Å². The van der Waals surface area contributed by atoms with Gasteiger partial charge in [0.15, 0.2) is 17.6 Å². The predicted molar refractivity (Wildman–Crippen MR) is 149 cm³/mol. The fourth-order valence-electron chi connectivity index (χ4n) is 5.48. The van der Waals surface area contributed by atoms with Gasteiger partial charge in [0.2, 0.25) is 0 Å². The summed E-state index contributed by atoms with van der Waals surface area (Å²) in [5, 5.41) is 10.4. The first-order valence-electron chi connectivity index (χ1n) is 12.8. The minimum Gasteiger partial charge on any atom is -0.486 e. The van der Waals surface area contributed by atoms with E-state index in [1.807, 2.05) is 38.1 Å². The van der Waals surface area contributed by atoms with Gasteiger partial charge in [-0.3, -0.25) is 4.31 Å². The summed E-state index contributed by atoms with van der Waals surface area (Å²) in [6, 6.07) is 11.1. The van der Waals surface area contributed by atoms with Crippen LogP contribution in [0.5, 0.6) is 11.5 Å². The molecule has 39 heavy (non-hydrogen) atoms. The maximum absolute atomic E-state index is 13.8. The van der Waals surface area contributed by atoms with Gasteiger partial charge in [0.05, 0.1) is 16.2 Å². The molecular weight excluding hydrogens is 518 g/mol. The number of aliphatic carboxylic acids is 1. The minimum absolute atomic E-state index is 0.118. The smallest absolute Gasteiger partial charge is 0.337 e. The van der Waals surface area contributed by atoms with Crippen molar-refractivity contribution in [3.63, 3.8) is 0 Å². The van der Waals surface area contributed by atoms with Gasteiger partial charge in [0, 0.05) is 29.8 Å². The fourth-order valence-corrected chi connectivity index (χ4v) is 6.94. The van der Waals surface area contributed by atoms with Crippen LogP contribution in [-0.2, 0) is 19.6 Å². The number of rotatable bonds is 4. The van der Waals surface area contributed by atoms with Crippen molar-refractivity contribution >= 4 is 21.7 Å². The quantitative estimate of drug-likeness (QED) is 0.437. The van der Waals surface area contributed by atoms with Gasteiger partial charge in [-0.1, -0.05) is 29.8 Å². The maximum atomic E-state index is 13.8. The molecule has 2 heterocycles. The Morgan fingerprint density at radius 2 is 1.56 bits per heavy atom. The summed E-state index contributed by atoms with van der Waals surface area (Å²) in [6.45, 7) is 11.7. The first kappa shape index (κ1) is 27.0. The molecule has 0 aromatic heterocycles. The van der Waals surface area contributed by atoms with E-state index in [2.05, 4.69) is 0 Å². The normalized spacial score (nSPS) is 16.3. The lowest BCUT2D eigenvalue weighted by Crippen LogP contribution is -2.34. The third-order valence-electron chi connectivity index (χ3n) is 7.18. The Kier molecular flexibility index (Phi) is 6.43. The number of carboxylic acid groups (broad SMARTS) is 1. The molecule has 0 spiro atoms. The molecule has 3 aromatic carbocycles. The van der Waals surface area contributed by atoms with Crippen molar-refractivity contribution in [1.29, 1.82) is 0 Å². The number of hydrogen-bond acceptors (Lipinski definition) is 6. The van der Waals surface area contributed by atoms with E-state index < -0.39 is 27.7 Å². The van der Waals surface area contributed by atoms with E-state index in [-0.39, 0.29) is 4.90 Å². The highest BCUT2D eigenvalue weighted by Crippen LogP contribution is 2.54. The van der Waals surface area contributed by atoms with Gasteiger partial charge in [-0.05, 0) is 69.9 Å². The number of fused-ring (bicyclic) bond motifs is 4. The van der Waals surface area contributed by atoms with E-state index in [0.29, 0.717) is 58.2 Å². The molecular formula is C30H33NO7S. The molecule has 5 rings (SSSR count). The first-order valence-corrected chi connectivity index (χ1v) is 14.2. The van der Waals surface area contributed by atoms with Crippen molar-refractivity contribution in [3.05, 3.63) is 58.7 Å². The molecule has 0 fully saturated rings. The van der Waals surface area contributed by atoms with Crippen molar-refractivity contribution in [1.82, 2.24) is 0 Å². The highest BCUT2D eigenvalue weighted by Gasteiger charge is 2.41. The summed E-state index contributed by atoms with van der Waals surface area (Å²) in [5.41, 5.74) is 5.14. The zero-order chi connectivity index (χ0) is 28.4. The number of hydrogen-bond donors (Lipinski definition) is 1. The van der Waals surface area contributed by atoms with Crippen LogP contribution in [0.2, 0.25) is 0 Å². The monoisotopic (exact) mass is 551 g/mol. The number of anilines is 1. The molecule has 9 heteroatoms. The average molecular weight is 552 g/mol. The molecule has 0 saturated carbocycles. The largest absolute Gasteiger partial charge is 0.486 e. The van der Waals surface area contributed by atoms with Crippen LogP contribution in [0, 0.1) is 20.8 Å².